The van der Waals surface area contributed by atoms with Crippen LogP contribution in [0, 0.1) is 11.7 Å². The summed E-state index contributed by atoms with van der Waals surface area (Å²) < 4.78 is 21.4. The number of carbonyl (C=O) groups is 1. The molecule has 10 heteroatoms. The van der Waals surface area contributed by atoms with E-state index in [1.54, 1.807) is 26.8 Å². The van der Waals surface area contributed by atoms with Crippen LogP contribution in [-0.2, 0) is 4.74 Å². The molecule has 4 rings (SSSR count). The molecule has 1 atom stereocenters. The van der Waals surface area contributed by atoms with E-state index in [4.69, 9.17) is 22.1 Å². The first-order valence-electron chi connectivity index (χ1n) is 10.2. The number of nitrogens with two attached hydrogens (primary N) is 1. The van der Waals surface area contributed by atoms with Gasteiger partial charge in [-0.05, 0) is 63.8 Å². The van der Waals surface area contributed by atoms with Crippen molar-refractivity contribution in [2.45, 2.75) is 45.3 Å². The maximum absolute atomic E-state index is 14.7. The SMILES string of the molecule is CC(C)(C)OC(=O)N[C@H](c1nc2c(F)ccc(Cl)c2c(=O)n1-c1ccc(N)nc1)C1CC1. The number of aromatic nitrogens is 3. The normalized spacial score (nSPS) is 14.9. The Balaban J connectivity index is 1.94. The van der Waals surface area contributed by atoms with Crippen molar-refractivity contribution in [2.75, 3.05) is 5.73 Å². The first kappa shape index (κ1) is 22.0. The molecule has 2 heterocycles. The van der Waals surface area contributed by atoms with Gasteiger partial charge in [-0.15, -0.1) is 0 Å². The van der Waals surface area contributed by atoms with Gasteiger partial charge in [-0.3, -0.25) is 9.36 Å². The topological polar surface area (TPSA) is 112 Å². The summed E-state index contributed by atoms with van der Waals surface area (Å²) in [6.07, 6.45) is 2.38. The monoisotopic (exact) mass is 459 g/mol. The number of nitrogens with zero attached hydrogens (tertiary/aromatic N) is 3. The van der Waals surface area contributed by atoms with Crippen molar-refractivity contribution in [3.8, 4) is 5.69 Å². The maximum Gasteiger partial charge on any atom is 0.408 e. The largest absolute Gasteiger partial charge is 0.444 e. The number of carbonyl (C=O) groups excluding carboxylic acids is 1. The quantitative estimate of drug-likeness (QED) is 0.606. The van der Waals surface area contributed by atoms with E-state index in [0.29, 0.717) is 5.69 Å². The number of pyridine rings is 1. The highest BCUT2D eigenvalue weighted by Gasteiger charge is 2.38. The molecular formula is C22H23ClFN5O3. The zero-order chi connectivity index (χ0) is 23.2. The zero-order valence-electron chi connectivity index (χ0n) is 17.9. The molecule has 3 N–H and O–H groups in total. The van der Waals surface area contributed by atoms with E-state index in [0.717, 1.165) is 18.9 Å². The van der Waals surface area contributed by atoms with Crippen molar-refractivity contribution in [1.29, 1.82) is 0 Å². The van der Waals surface area contributed by atoms with Gasteiger partial charge in [-0.1, -0.05) is 11.6 Å². The van der Waals surface area contributed by atoms with Gasteiger partial charge in [-0.2, -0.15) is 0 Å². The molecule has 0 aliphatic heterocycles. The lowest BCUT2D eigenvalue weighted by Crippen LogP contribution is -2.39. The van der Waals surface area contributed by atoms with E-state index < -0.39 is 29.1 Å². The van der Waals surface area contributed by atoms with Crippen LogP contribution in [0.3, 0.4) is 0 Å². The maximum atomic E-state index is 14.7. The lowest BCUT2D eigenvalue weighted by molar-refractivity contribution is 0.0493. The van der Waals surface area contributed by atoms with Gasteiger partial charge < -0.3 is 15.8 Å². The summed E-state index contributed by atoms with van der Waals surface area (Å²) in [5.41, 5.74) is 4.62. The number of ether oxygens (including phenoxy) is 1. The molecule has 1 aromatic carbocycles. The molecule has 0 unspecified atom stereocenters. The fraction of sp³-hybridized carbons (Fsp3) is 0.364. The smallest absolute Gasteiger partial charge is 0.408 e. The average molecular weight is 460 g/mol. The van der Waals surface area contributed by atoms with Gasteiger partial charge in [0.25, 0.3) is 5.56 Å². The minimum atomic E-state index is -0.713. The summed E-state index contributed by atoms with van der Waals surface area (Å²) in [5, 5.41) is 2.83. The molecule has 2 aromatic heterocycles. The number of hydrogen-bond donors (Lipinski definition) is 2. The van der Waals surface area contributed by atoms with Crippen molar-refractivity contribution >= 4 is 34.4 Å². The van der Waals surface area contributed by atoms with Crippen molar-refractivity contribution in [1.82, 2.24) is 19.9 Å². The van der Waals surface area contributed by atoms with Crippen molar-refractivity contribution in [2.24, 2.45) is 5.92 Å². The third-order valence-electron chi connectivity index (χ3n) is 5.02. The lowest BCUT2D eigenvalue weighted by Gasteiger charge is -2.25. The highest BCUT2D eigenvalue weighted by Crippen LogP contribution is 2.41. The van der Waals surface area contributed by atoms with Gasteiger partial charge in [0.15, 0.2) is 0 Å². The summed E-state index contributed by atoms with van der Waals surface area (Å²) in [6, 6.07) is 4.92. The lowest BCUT2D eigenvalue weighted by atomic mass is 10.1. The first-order chi connectivity index (χ1) is 15.0. The molecule has 0 radical (unpaired) electrons. The summed E-state index contributed by atoms with van der Waals surface area (Å²) in [4.78, 5) is 34.6. The molecular weight excluding hydrogens is 437 g/mol. The number of hydrogen-bond acceptors (Lipinski definition) is 6. The van der Waals surface area contributed by atoms with Gasteiger partial charge in [0.05, 0.1) is 28.3 Å². The Kier molecular flexibility index (Phi) is 5.54. The third-order valence-corrected chi connectivity index (χ3v) is 5.34. The van der Waals surface area contributed by atoms with Crippen LogP contribution in [0.1, 0.15) is 45.5 Å². The van der Waals surface area contributed by atoms with Gasteiger partial charge in [0.1, 0.15) is 28.6 Å². The third kappa shape index (κ3) is 4.38. The summed E-state index contributed by atoms with van der Waals surface area (Å²) in [7, 11) is 0. The Morgan fingerprint density at radius 1 is 1.31 bits per heavy atom. The average Bonchev–Trinajstić information content (AvgIpc) is 3.53. The van der Waals surface area contributed by atoms with E-state index in [2.05, 4.69) is 15.3 Å². The Hall–Kier alpha value is -3.20. The first-order valence-corrected chi connectivity index (χ1v) is 10.5. The van der Waals surface area contributed by atoms with Crippen LogP contribution in [0.4, 0.5) is 15.0 Å². The van der Waals surface area contributed by atoms with Crippen molar-refractivity contribution in [3.05, 3.63) is 57.5 Å². The molecule has 168 valence electrons. The molecule has 8 nitrogen and oxygen atoms in total. The number of rotatable bonds is 4. The second-order valence-electron chi connectivity index (χ2n) is 8.77. The van der Waals surface area contributed by atoms with Crippen LogP contribution >= 0.6 is 11.6 Å². The van der Waals surface area contributed by atoms with Crippen molar-refractivity contribution in [3.63, 3.8) is 0 Å². The standard InChI is InChI=1S/C22H23ClFN5O3/c1-22(2,3)32-21(31)28-17(11-4-5-11)19-27-18-14(24)8-7-13(23)16(18)20(30)29(19)12-6-9-15(25)26-10-12/h6-11,17H,4-5H2,1-3H3,(H2,25,26)(H,28,31)/t17-/m0/s1. The number of halogens is 2. The van der Waals surface area contributed by atoms with Gasteiger partial charge in [-0.25, -0.2) is 19.2 Å². The van der Waals surface area contributed by atoms with Crippen LogP contribution in [-0.4, -0.2) is 26.2 Å². The van der Waals surface area contributed by atoms with Crippen LogP contribution in [0.15, 0.2) is 35.3 Å². The highest BCUT2D eigenvalue weighted by molar-refractivity contribution is 6.35. The molecule has 1 aliphatic rings. The number of fused-ring (bicyclic) bond motifs is 1. The summed E-state index contributed by atoms with van der Waals surface area (Å²) in [5.74, 6) is -0.227. The second kappa shape index (κ2) is 8.05. The van der Waals surface area contributed by atoms with Crippen LogP contribution in [0.2, 0.25) is 5.02 Å². The van der Waals surface area contributed by atoms with Crippen LogP contribution < -0.4 is 16.6 Å². The summed E-state index contributed by atoms with van der Waals surface area (Å²) >= 11 is 6.24. The molecule has 32 heavy (non-hydrogen) atoms. The molecule has 1 amide bonds. The van der Waals surface area contributed by atoms with Gasteiger partial charge >= 0.3 is 6.09 Å². The van der Waals surface area contributed by atoms with E-state index >= 15 is 0 Å². The molecule has 1 aliphatic carbocycles. The molecule has 0 saturated heterocycles. The Bertz CT molecular complexity index is 1250. The Morgan fingerprint density at radius 3 is 2.62 bits per heavy atom. The number of alkyl carbamates (subject to hydrolysis) is 1. The van der Waals surface area contributed by atoms with Gasteiger partial charge in [0, 0.05) is 0 Å². The van der Waals surface area contributed by atoms with E-state index in [1.165, 1.54) is 22.9 Å². The Labute approximate surface area is 188 Å². The van der Waals surface area contributed by atoms with Gasteiger partial charge in [0.2, 0.25) is 0 Å². The molecule has 1 fully saturated rings. The van der Waals surface area contributed by atoms with Crippen molar-refractivity contribution < 1.29 is 13.9 Å². The van der Waals surface area contributed by atoms with E-state index in [1.807, 2.05) is 0 Å². The fourth-order valence-corrected chi connectivity index (χ4v) is 3.71. The number of anilines is 1. The minimum absolute atomic E-state index is 0.0158. The molecule has 0 spiro atoms. The van der Waals surface area contributed by atoms with E-state index in [-0.39, 0.29) is 33.5 Å². The second-order valence-corrected chi connectivity index (χ2v) is 9.17. The van der Waals surface area contributed by atoms with E-state index in [9.17, 15) is 14.0 Å². The molecule has 1 saturated carbocycles. The van der Waals surface area contributed by atoms with Crippen LogP contribution in [0.5, 0.6) is 0 Å². The van der Waals surface area contributed by atoms with Crippen LogP contribution in [0.25, 0.3) is 16.6 Å². The predicted octanol–water partition coefficient (Wildman–Crippen LogP) is 4.13. The Morgan fingerprint density at radius 2 is 2.03 bits per heavy atom. The number of benzene rings is 1. The molecule has 0 bridgehead atoms. The molecule has 3 aromatic rings. The number of amides is 1. The number of nitrogen functional groups attached to an aromatic ring is 1. The fourth-order valence-electron chi connectivity index (χ4n) is 3.48. The minimum Gasteiger partial charge on any atom is -0.444 e. The number of nitrogens with one attached hydrogen (secondary N) is 1. The zero-order valence-corrected chi connectivity index (χ0v) is 18.6. The highest BCUT2D eigenvalue weighted by atomic mass is 35.5. The predicted molar refractivity (Wildman–Crippen MR) is 119 cm³/mol. The summed E-state index contributed by atoms with van der Waals surface area (Å²) in [6.45, 7) is 5.25.